The molecule has 2 aromatic heterocycles. The number of carbonyl (C=O) groups is 2. The molecule has 1 atom stereocenters. The van der Waals surface area contributed by atoms with E-state index in [1.165, 1.54) is 16.9 Å². The van der Waals surface area contributed by atoms with Crippen molar-refractivity contribution >= 4 is 45.3 Å². The number of fused-ring (bicyclic) bond motifs is 3. The molecule has 1 aliphatic carbocycles. The number of anilines is 1. The van der Waals surface area contributed by atoms with Crippen molar-refractivity contribution in [2.45, 2.75) is 45.6 Å². The Kier molecular flexibility index (Phi) is 5.14. The summed E-state index contributed by atoms with van der Waals surface area (Å²) >= 11 is 3.28. The lowest BCUT2D eigenvalue weighted by molar-refractivity contribution is -0.145. The van der Waals surface area contributed by atoms with Gasteiger partial charge >= 0.3 is 5.97 Å². The van der Waals surface area contributed by atoms with Crippen molar-refractivity contribution in [1.29, 1.82) is 0 Å². The molecule has 1 aliphatic heterocycles. The Morgan fingerprint density at radius 2 is 2.19 bits per heavy atom. The van der Waals surface area contributed by atoms with Gasteiger partial charge in [0.1, 0.15) is 17.6 Å². The number of nitrogens with zero attached hydrogens (tertiary/aromatic N) is 2. The number of hydrogen-bond acceptors (Lipinski definition) is 6. The Labute approximate surface area is 166 Å². The second-order valence-electron chi connectivity index (χ2n) is 6.72. The zero-order valence-corrected chi connectivity index (χ0v) is 17.1. The fraction of sp³-hybridized carbons (Fsp3) is 0.450. The third-order valence-corrected chi connectivity index (χ3v) is 7.19. The van der Waals surface area contributed by atoms with Gasteiger partial charge in [0.2, 0.25) is 5.91 Å². The monoisotopic (exact) mass is 402 g/mol. The Balaban J connectivity index is 1.87. The molecule has 1 unspecified atom stereocenters. The van der Waals surface area contributed by atoms with Crippen molar-refractivity contribution in [2.75, 3.05) is 18.1 Å². The van der Waals surface area contributed by atoms with Gasteiger partial charge in [-0.15, -0.1) is 22.7 Å². The van der Waals surface area contributed by atoms with Gasteiger partial charge in [-0.05, 0) is 56.5 Å². The Bertz CT molecular complexity index is 899. The number of hydrogen-bond donors (Lipinski definition) is 0. The van der Waals surface area contributed by atoms with Crippen molar-refractivity contribution in [1.82, 2.24) is 0 Å². The molecule has 0 radical (unpaired) electrons. The Morgan fingerprint density at radius 3 is 2.93 bits per heavy atom. The van der Waals surface area contributed by atoms with Crippen molar-refractivity contribution in [3.63, 3.8) is 0 Å². The molecule has 142 valence electrons. The number of aryl methyl sites for hydroxylation is 1. The first kappa shape index (κ1) is 18.4. The molecule has 0 saturated carbocycles. The third kappa shape index (κ3) is 3.23. The van der Waals surface area contributed by atoms with Crippen LogP contribution in [0.3, 0.4) is 0 Å². The maximum atomic E-state index is 13.0. The van der Waals surface area contributed by atoms with Crippen LogP contribution in [-0.4, -0.2) is 36.8 Å². The van der Waals surface area contributed by atoms with E-state index in [9.17, 15) is 9.59 Å². The van der Waals surface area contributed by atoms with Crippen LogP contribution in [0.25, 0.3) is 0 Å². The molecule has 0 fully saturated rings. The highest BCUT2D eigenvalue weighted by molar-refractivity contribution is 7.17. The maximum Gasteiger partial charge on any atom is 0.328 e. The molecule has 27 heavy (non-hydrogen) atoms. The van der Waals surface area contributed by atoms with E-state index in [1.807, 2.05) is 11.4 Å². The molecule has 0 spiro atoms. The standard InChI is InChI=1S/C20H22N2O3S2/c1-3-25-20(24)12(2)22-16(23)11-21-18(15-9-6-10-26-15)17-13-7-4-5-8-14(13)27-19(17)22/h6,9-10,12H,3-5,7-8,11H2,1-2H3. The SMILES string of the molecule is CCOC(=O)C(C)N1C(=O)CN=C(c2cccs2)c2c1sc1c2CCCC1. The van der Waals surface area contributed by atoms with E-state index < -0.39 is 6.04 Å². The molecule has 0 aromatic carbocycles. The van der Waals surface area contributed by atoms with Crippen LogP contribution in [0.2, 0.25) is 0 Å². The smallest absolute Gasteiger partial charge is 0.328 e. The van der Waals surface area contributed by atoms with E-state index in [2.05, 4.69) is 6.07 Å². The van der Waals surface area contributed by atoms with Gasteiger partial charge in [-0.1, -0.05) is 6.07 Å². The number of thiophene rings is 2. The van der Waals surface area contributed by atoms with Crippen LogP contribution >= 0.6 is 22.7 Å². The third-order valence-electron chi connectivity index (χ3n) is 5.02. The molecule has 5 nitrogen and oxygen atoms in total. The summed E-state index contributed by atoms with van der Waals surface area (Å²) in [4.78, 5) is 34.1. The molecule has 0 bridgehead atoms. The summed E-state index contributed by atoms with van der Waals surface area (Å²) < 4.78 is 5.20. The number of rotatable bonds is 4. The highest BCUT2D eigenvalue weighted by Gasteiger charge is 2.37. The molecule has 3 heterocycles. The lowest BCUT2D eigenvalue weighted by atomic mass is 9.93. The van der Waals surface area contributed by atoms with Crippen LogP contribution in [0.15, 0.2) is 22.5 Å². The number of esters is 1. The molecule has 0 N–H and O–H groups in total. The van der Waals surface area contributed by atoms with E-state index in [4.69, 9.17) is 9.73 Å². The summed E-state index contributed by atoms with van der Waals surface area (Å²) in [5, 5.41) is 2.89. The van der Waals surface area contributed by atoms with Gasteiger partial charge < -0.3 is 4.74 Å². The molecule has 1 amide bonds. The number of ether oxygens (including phenoxy) is 1. The summed E-state index contributed by atoms with van der Waals surface area (Å²) in [6.07, 6.45) is 4.34. The fourth-order valence-corrected chi connectivity index (χ4v) is 5.98. The van der Waals surface area contributed by atoms with Crippen molar-refractivity contribution in [3.8, 4) is 0 Å². The van der Waals surface area contributed by atoms with Gasteiger partial charge in [-0.25, -0.2) is 4.79 Å². The summed E-state index contributed by atoms with van der Waals surface area (Å²) in [6, 6.07) is 3.40. The van der Waals surface area contributed by atoms with Crippen LogP contribution in [0.1, 0.15) is 47.6 Å². The molecule has 0 saturated heterocycles. The van der Waals surface area contributed by atoms with E-state index >= 15 is 0 Å². The van der Waals surface area contributed by atoms with E-state index in [-0.39, 0.29) is 18.4 Å². The average molecular weight is 403 g/mol. The van der Waals surface area contributed by atoms with Crippen LogP contribution in [-0.2, 0) is 27.2 Å². The van der Waals surface area contributed by atoms with E-state index in [0.717, 1.165) is 40.4 Å². The van der Waals surface area contributed by atoms with Gasteiger partial charge in [-0.3, -0.25) is 14.7 Å². The minimum atomic E-state index is -0.658. The minimum Gasteiger partial charge on any atom is -0.464 e. The van der Waals surface area contributed by atoms with Crippen molar-refractivity contribution < 1.29 is 14.3 Å². The first-order valence-corrected chi connectivity index (χ1v) is 11.0. The molecule has 2 aliphatic rings. The lowest BCUT2D eigenvalue weighted by Crippen LogP contribution is -2.45. The zero-order valence-electron chi connectivity index (χ0n) is 15.5. The van der Waals surface area contributed by atoms with Gasteiger partial charge in [0.15, 0.2) is 0 Å². The van der Waals surface area contributed by atoms with Gasteiger partial charge in [0.25, 0.3) is 0 Å². The summed E-state index contributed by atoms with van der Waals surface area (Å²) in [5.41, 5.74) is 3.26. The molecular formula is C20H22N2O3S2. The van der Waals surface area contributed by atoms with Crippen LogP contribution in [0.4, 0.5) is 5.00 Å². The fourth-order valence-electron chi connectivity index (χ4n) is 3.76. The molecule has 2 aromatic rings. The summed E-state index contributed by atoms with van der Waals surface area (Å²) in [7, 11) is 0. The number of amides is 1. The second kappa shape index (κ2) is 7.56. The van der Waals surface area contributed by atoms with Gasteiger partial charge in [0, 0.05) is 10.4 Å². The molecular weight excluding hydrogens is 380 g/mol. The highest BCUT2D eigenvalue weighted by Crippen LogP contribution is 2.43. The molecule has 4 rings (SSSR count). The number of aliphatic imine (C=N–C) groups is 1. The van der Waals surface area contributed by atoms with Gasteiger partial charge in [0.05, 0.1) is 17.2 Å². The average Bonchev–Trinajstić information content (AvgIpc) is 3.29. The zero-order chi connectivity index (χ0) is 19.0. The first-order chi connectivity index (χ1) is 13.1. The lowest BCUT2D eigenvalue weighted by Gasteiger charge is -2.26. The van der Waals surface area contributed by atoms with Crippen LogP contribution in [0.5, 0.6) is 0 Å². The van der Waals surface area contributed by atoms with Crippen molar-refractivity contribution in [3.05, 3.63) is 38.4 Å². The quantitative estimate of drug-likeness (QED) is 0.731. The van der Waals surface area contributed by atoms with Gasteiger partial charge in [-0.2, -0.15) is 0 Å². The molecule has 7 heteroatoms. The maximum absolute atomic E-state index is 13.0. The Morgan fingerprint density at radius 1 is 1.37 bits per heavy atom. The van der Waals surface area contributed by atoms with Crippen LogP contribution < -0.4 is 4.90 Å². The van der Waals surface area contributed by atoms with Crippen molar-refractivity contribution in [2.24, 2.45) is 4.99 Å². The predicted molar refractivity (Wildman–Crippen MR) is 109 cm³/mol. The Hall–Kier alpha value is -1.99. The predicted octanol–water partition coefficient (Wildman–Crippen LogP) is 3.82. The highest BCUT2D eigenvalue weighted by atomic mass is 32.1. The largest absolute Gasteiger partial charge is 0.464 e. The van der Waals surface area contributed by atoms with E-state index in [1.54, 1.807) is 41.4 Å². The summed E-state index contributed by atoms with van der Waals surface area (Å²) in [5.74, 6) is -0.523. The topological polar surface area (TPSA) is 59.0 Å². The minimum absolute atomic E-state index is 0.0488. The normalized spacial score (nSPS) is 17.6. The number of carbonyl (C=O) groups excluding carboxylic acids is 2. The first-order valence-electron chi connectivity index (χ1n) is 9.33. The van der Waals surface area contributed by atoms with Crippen LogP contribution in [0, 0.1) is 0 Å². The second-order valence-corrected chi connectivity index (χ2v) is 8.76. The van der Waals surface area contributed by atoms with E-state index in [0.29, 0.717) is 6.61 Å². The summed E-state index contributed by atoms with van der Waals surface area (Å²) in [6.45, 7) is 3.87.